The molecular formula is C17H15N5O. The molecule has 6 heteroatoms. The summed E-state index contributed by atoms with van der Waals surface area (Å²) in [6.07, 6.45) is 5.23. The van der Waals surface area contributed by atoms with Crippen LogP contribution in [0.2, 0.25) is 0 Å². The maximum Gasteiger partial charge on any atom is 0.276 e. The Hall–Kier alpha value is -3.02. The van der Waals surface area contributed by atoms with Crippen molar-refractivity contribution in [2.24, 2.45) is 0 Å². The minimum absolute atomic E-state index is 0.478. The molecule has 0 saturated carbocycles. The van der Waals surface area contributed by atoms with Crippen LogP contribution in [0, 0.1) is 6.92 Å². The molecular weight excluding hydrogens is 290 g/mol. The monoisotopic (exact) mass is 305 g/mol. The van der Waals surface area contributed by atoms with E-state index in [-0.39, 0.29) is 0 Å². The van der Waals surface area contributed by atoms with Crippen molar-refractivity contribution in [3.8, 4) is 11.6 Å². The highest BCUT2D eigenvalue weighted by Gasteiger charge is 2.17. The van der Waals surface area contributed by atoms with E-state index in [0.717, 1.165) is 24.2 Å². The lowest BCUT2D eigenvalue weighted by molar-refractivity contribution is 0.420. The molecule has 0 spiro atoms. The Balaban J connectivity index is 1.61. The Morgan fingerprint density at radius 1 is 1.04 bits per heavy atom. The molecule has 0 fully saturated rings. The third kappa shape index (κ3) is 2.59. The molecule has 4 rings (SSSR count). The zero-order valence-electron chi connectivity index (χ0n) is 12.7. The highest BCUT2D eigenvalue weighted by molar-refractivity contribution is 5.57. The number of benzene rings is 1. The fourth-order valence-corrected chi connectivity index (χ4v) is 2.61. The van der Waals surface area contributed by atoms with Crippen LogP contribution in [0.25, 0.3) is 17.4 Å². The first-order valence-corrected chi connectivity index (χ1v) is 7.48. The standard InChI is InChI=1S/C17H15N5O/c1-12-15(22-11-5-10-18-17(22)19-12)16-20-14(21-23-16)9-8-13-6-3-2-4-7-13/h2-7,10-11H,8-9H2,1H3. The Bertz CT molecular complexity index is 942. The Morgan fingerprint density at radius 3 is 2.78 bits per heavy atom. The van der Waals surface area contributed by atoms with E-state index in [1.165, 1.54) is 5.56 Å². The van der Waals surface area contributed by atoms with Crippen molar-refractivity contribution in [3.63, 3.8) is 0 Å². The van der Waals surface area contributed by atoms with Crippen LogP contribution in [0.5, 0.6) is 0 Å². The van der Waals surface area contributed by atoms with E-state index in [4.69, 9.17) is 4.52 Å². The molecule has 0 bridgehead atoms. The van der Waals surface area contributed by atoms with E-state index in [2.05, 4.69) is 32.2 Å². The zero-order valence-corrected chi connectivity index (χ0v) is 12.7. The van der Waals surface area contributed by atoms with Crippen LogP contribution in [0.15, 0.2) is 53.3 Å². The van der Waals surface area contributed by atoms with Crippen molar-refractivity contribution in [2.45, 2.75) is 19.8 Å². The number of aromatic nitrogens is 5. The van der Waals surface area contributed by atoms with Gasteiger partial charge in [0.15, 0.2) is 5.82 Å². The number of aryl methyl sites for hydroxylation is 3. The molecule has 0 aliphatic heterocycles. The number of rotatable bonds is 4. The number of hydrogen-bond acceptors (Lipinski definition) is 5. The number of hydrogen-bond donors (Lipinski definition) is 0. The Kier molecular flexibility index (Phi) is 3.34. The summed E-state index contributed by atoms with van der Waals surface area (Å²) >= 11 is 0. The molecule has 0 aliphatic carbocycles. The van der Waals surface area contributed by atoms with E-state index < -0.39 is 0 Å². The third-order valence-corrected chi connectivity index (χ3v) is 3.73. The van der Waals surface area contributed by atoms with Gasteiger partial charge in [-0.1, -0.05) is 35.5 Å². The van der Waals surface area contributed by atoms with Gasteiger partial charge < -0.3 is 4.52 Å². The second-order valence-electron chi connectivity index (χ2n) is 5.34. The molecule has 3 heterocycles. The number of imidazole rings is 1. The molecule has 3 aromatic heterocycles. The lowest BCUT2D eigenvalue weighted by Gasteiger charge is -1.97. The average Bonchev–Trinajstić information content (AvgIpc) is 3.17. The van der Waals surface area contributed by atoms with Crippen molar-refractivity contribution in [1.82, 2.24) is 24.5 Å². The lowest BCUT2D eigenvalue weighted by atomic mass is 10.1. The van der Waals surface area contributed by atoms with E-state index >= 15 is 0 Å². The van der Waals surface area contributed by atoms with Gasteiger partial charge in [-0.25, -0.2) is 9.97 Å². The third-order valence-electron chi connectivity index (χ3n) is 3.73. The second-order valence-corrected chi connectivity index (χ2v) is 5.34. The van der Waals surface area contributed by atoms with Gasteiger partial charge in [0.05, 0.1) is 5.69 Å². The van der Waals surface area contributed by atoms with Gasteiger partial charge >= 0.3 is 0 Å². The van der Waals surface area contributed by atoms with Gasteiger partial charge in [-0.2, -0.15) is 4.98 Å². The summed E-state index contributed by atoms with van der Waals surface area (Å²) in [6, 6.07) is 12.1. The van der Waals surface area contributed by atoms with E-state index in [0.29, 0.717) is 17.5 Å². The first kappa shape index (κ1) is 13.6. The maximum atomic E-state index is 5.44. The molecule has 0 amide bonds. The van der Waals surface area contributed by atoms with E-state index in [1.54, 1.807) is 6.20 Å². The van der Waals surface area contributed by atoms with Crippen molar-refractivity contribution in [2.75, 3.05) is 0 Å². The summed E-state index contributed by atoms with van der Waals surface area (Å²) in [5, 5.41) is 4.09. The SMILES string of the molecule is Cc1nc2ncccn2c1-c1nc(CCc2ccccc2)no1. The minimum Gasteiger partial charge on any atom is -0.332 e. The molecule has 23 heavy (non-hydrogen) atoms. The zero-order chi connectivity index (χ0) is 15.6. The predicted molar refractivity (Wildman–Crippen MR) is 84.9 cm³/mol. The van der Waals surface area contributed by atoms with Crippen LogP contribution < -0.4 is 0 Å². The van der Waals surface area contributed by atoms with Gasteiger partial charge in [-0.05, 0) is 25.0 Å². The van der Waals surface area contributed by atoms with Crippen molar-refractivity contribution >= 4 is 5.78 Å². The highest BCUT2D eigenvalue weighted by Crippen LogP contribution is 2.22. The molecule has 6 nitrogen and oxygen atoms in total. The van der Waals surface area contributed by atoms with Crippen LogP contribution in [0.4, 0.5) is 0 Å². The lowest BCUT2D eigenvalue weighted by Crippen LogP contribution is -1.94. The van der Waals surface area contributed by atoms with Gasteiger partial charge in [-0.15, -0.1) is 0 Å². The molecule has 0 atom stereocenters. The molecule has 4 aromatic rings. The van der Waals surface area contributed by atoms with Gasteiger partial charge in [0.2, 0.25) is 5.78 Å². The largest absolute Gasteiger partial charge is 0.332 e. The molecule has 114 valence electrons. The number of nitrogens with zero attached hydrogens (tertiary/aromatic N) is 5. The van der Waals surface area contributed by atoms with Crippen LogP contribution in [0.1, 0.15) is 17.1 Å². The summed E-state index contributed by atoms with van der Waals surface area (Å²) in [7, 11) is 0. The van der Waals surface area contributed by atoms with Crippen LogP contribution in [-0.2, 0) is 12.8 Å². The summed E-state index contributed by atoms with van der Waals surface area (Å²) in [6.45, 7) is 1.91. The first-order valence-electron chi connectivity index (χ1n) is 7.48. The highest BCUT2D eigenvalue weighted by atomic mass is 16.5. The molecule has 0 radical (unpaired) electrons. The second kappa shape index (κ2) is 5.64. The number of fused-ring (bicyclic) bond motifs is 1. The minimum atomic E-state index is 0.478. The van der Waals surface area contributed by atoms with E-state index in [9.17, 15) is 0 Å². The van der Waals surface area contributed by atoms with Crippen LogP contribution in [-0.4, -0.2) is 24.5 Å². The fraction of sp³-hybridized carbons (Fsp3) is 0.176. The molecule has 0 saturated heterocycles. The summed E-state index contributed by atoms with van der Waals surface area (Å²) in [5.74, 6) is 1.80. The topological polar surface area (TPSA) is 69.1 Å². The Morgan fingerprint density at radius 2 is 1.91 bits per heavy atom. The smallest absolute Gasteiger partial charge is 0.276 e. The summed E-state index contributed by atoms with van der Waals surface area (Å²) in [5.41, 5.74) is 2.88. The average molecular weight is 305 g/mol. The van der Waals surface area contributed by atoms with Crippen LogP contribution in [0.3, 0.4) is 0 Å². The van der Waals surface area contributed by atoms with Crippen molar-refractivity contribution in [1.29, 1.82) is 0 Å². The Labute approximate surface area is 132 Å². The van der Waals surface area contributed by atoms with Gasteiger partial charge in [0.1, 0.15) is 5.69 Å². The molecule has 1 aromatic carbocycles. The van der Waals surface area contributed by atoms with Crippen molar-refractivity contribution < 1.29 is 4.52 Å². The normalized spacial score (nSPS) is 11.2. The van der Waals surface area contributed by atoms with Crippen molar-refractivity contribution in [3.05, 3.63) is 65.9 Å². The molecule has 0 aliphatic rings. The van der Waals surface area contributed by atoms with Gasteiger partial charge in [0, 0.05) is 18.8 Å². The molecule has 0 N–H and O–H groups in total. The summed E-state index contributed by atoms with van der Waals surface area (Å²) < 4.78 is 7.30. The summed E-state index contributed by atoms with van der Waals surface area (Å²) in [4.78, 5) is 13.2. The van der Waals surface area contributed by atoms with Gasteiger partial charge in [-0.3, -0.25) is 4.40 Å². The maximum absolute atomic E-state index is 5.44. The molecule has 0 unspecified atom stereocenters. The van der Waals surface area contributed by atoms with Gasteiger partial charge in [0.25, 0.3) is 5.89 Å². The predicted octanol–water partition coefficient (Wildman–Crippen LogP) is 2.87. The van der Waals surface area contributed by atoms with E-state index in [1.807, 2.05) is 41.8 Å². The fourth-order valence-electron chi connectivity index (χ4n) is 2.61. The van der Waals surface area contributed by atoms with Crippen LogP contribution >= 0.6 is 0 Å². The first-order chi connectivity index (χ1) is 11.3. The quantitative estimate of drug-likeness (QED) is 0.580.